The summed E-state index contributed by atoms with van der Waals surface area (Å²) in [6.45, 7) is 0.979. The first-order valence-electron chi connectivity index (χ1n) is 8.48. The first-order chi connectivity index (χ1) is 12.9. The van der Waals surface area contributed by atoms with E-state index in [2.05, 4.69) is 0 Å². The zero-order valence-electron chi connectivity index (χ0n) is 14.7. The number of benzene rings is 2. The molecule has 0 aromatic heterocycles. The monoisotopic (exact) mass is 453 g/mol. The second-order valence-electron chi connectivity index (χ2n) is 6.39. The summed E-state index contributed by atoms with van der Waals surface area (Å²) in [6, 6.07) is 5.75. The third-order valence-corrected chi connectivity index (χ3v) is 5.22. The zero-order chi connectivity index (χ0) is 19.6. The third kappa shape index (κ3) is 5.26. The van der Waals surface area contributed by atoms with E-state index >= 15 is 0 Å². The molecule has 0 bridgehead atoms. The Labute approximate surface area is 177 Å². The Balaban J connectivity index is 0.00000280. The van der Waals surface area contributed by atoms with Crippen LogP contribution in [-0.4, -0.2) is 24.4 Å². The molecule has 1 saturated heterocycles. The summed E-state index contributed by atoms with van der Waals surface area (Å²) in [5, 5.41) is 11.1. The van der Waals surface area contributed by atoms with Gasteiger partial charge in [-0.3, -0.25) is 0 Å². The minimum absolute atomic E-state index is 0. The Bertz CT molecular complexity index is 796. The van der Waals surface area contributed by atoms with Gasteiger partial charge in [-0.15, -0.1) is 12.4 Å². The Morgan fingerprint density at radius 1 is 1.04 bits per heavy atom. The van der Waals surface area contributed by atoms with Crippen LogP contribution in [-0.2, 0) is 4.74 Å². The predicted octanol–water partition coefficient (Wildman–Crippen LogP) is 4.98. The molecule has 4 nitrogen and oxygen atoms in total. The molecule has 0 saturated carbocycles. The fourth-order valence-electron chi connectivity index (χ4n) is 2.93. The minimum Gasteiger partial charge on any atom is -0.484 e. The molecule has 0 amide bonds. The summed E-state index contributed by atoms with van der Waals surface area (Å²) >= 11 is 11.8. The molecule has 2 aromatic carbocycles. The first-order valence-corrected chi connectivity index (χ1v) is 9.24. The van der Waals surface area contributed by atoms with Gasteiger partial charge in [-0.25, -0.2) is 8.78 Å². The normalized spacial score (nSPS) is 16.9. The van der Waals surface area contributed by atoms with Crippen LogP contribution in [0.1, 0.15) is 36.1 Å². The third-order valence-electron chi connectivity index (χ3n) is 4.48. The smallest absolute Gasteiger partial charge is 0.191 e. The minimum atomic E-state index is -1.34. The zero-order valence-corrected chi connectivity index (χ0v) is 17.0. The summed E-state index contributed by atoms with van der Waals surface area (Å²) in [5.74, 6) is -2.24. The topological polar surface area (TPSA) is 64.7 Å². The molecule has 2 unspecified atom stereocenters. The van der Waals surface area contributed by atoms with Gasteiger partial charge in [0.05, 0.1) is 35.4 Å². The first kappa shape index (κ1) is 23.1. The van der Waals surface area contributed by atoms with Crippen molar-refractivity contribution in [3.63, 3.8) is 0 Å². The van der Waals surface area contributed by atoms with Crippen molar-refractivity contribution in [2.24, 2.45) is 5.73 Å². The van der Waals surface area contributed by atoms with Gasteiger partial charge in [-0.05, 0) is 35.4 Å². The summed E-state index contributed by atoms with van der Waals surface area (Å²) in [7, 11) is 0. The van der Waals surface area contributed by atoms with Gasteiger partial charge in [0.2, 0.25) is 0 Å². The van der Waals surface area contributed by atoms with Crippen molar-refractivity contribution < 1.29 is 23.4 Å². The van der Waals surface area contributed by atoms with Crippen LogP contribution < -0.4 is 10.5 Å². The Morgan fingerprint density at radius 2 is 1.64 bits per heavy atom. The van der Waals surface area contributed by atoms with E-state index in [1.165, 1.54) is 12.1 Å². The standard InChI is InChI=1S/C19H19Cl2F2NO3.ClH/c20-13-2-1-10(7-14(13)21)17(24)18(25)11-8-15(22)19(16(23)9-11)27-12-3-5-26-6-4-12;/h1-2,7-9,12,17-18,25H,3-6,24H2;1H. The lowest BCUT2D eigenvalue weighted by Gasteiger charge is -2.25. The van der Waals surface area contributed by atoms with E-state index in [0.29, 0.717) is 36.6 Å². The largest absolute Gasteiger partial charge is 0.484 e. The molecule has 2 aromatic rings. The number of ether oxygens (including phenoxy) is 2. The summed E-state index contributed by atoms with van der Waals surface area (Å²) < 4.78 is 39.5. The molecular formula is C19H20Cl3F2NO3. The Kier molecular flexibility index (Phi) is 8.30. The van der Waals surface area contributed by atoms with E-state index in [0.717, 1.165) is 12.1 Å². The lowest BCUT2D eigenvalue weighted by Crippen LogP contribution is -2.26. The van der Waals surface area contributed by atoms with Crippen molar-refractivity contribution >= 4 is 35.6 Å². The van der Waals surface area contributed by atoms with E-state index in [1.54, 1.807) is 6.07 Å². The van der Waals surface area contributed by atoms with E-state index in [4.69, 9.17) is 38.4 Å². The fraction of sp³-hybridized carbons (Fsp3) is 0.368. The lowest BCUT2D eigenvalue weighted by molar-refractivity contribution is 0.0222. The molecule has 1 aliphatic rings. The van der Waals surface area contributed by atoms with Crippen LogP contribution in [0.3, 0.4) is 0 Å². The van der Waals surface area contributed by atoms with Crippen molar-refractivity contribution in [2.45, 2.75) is 31.1 Å². The molecule has 9 heteroatoms. The summed E-state index contributed by atoms with van der Waals surface area (Å²) in [5.41, 5.74) is 6.52. The number of hydrogen-bond acceptors (Lipinski definition) is 4. The van der Waals surface area contributed by atoms with Gasteiger partial charge >= 0.3 is 0 Å². The molecule has 154 valence electrons. The van der Waals surface area contributed by atoms with Gasteiger partial charge in [-0.1, -0.05) is 29.3 Å². The maximum atomic E-state index is 14.4. The number of halogens is 5. The maximum absolute atomic E-state index is 14.4. The predicted molar refractivity (Wildman–Crippen MR) is 106 cm³/mol. The van der Waals surface area contributed by atoms with E-state index in [-0.39, 0.29) is 29.1 Å². The molecule has 1 fully saturated rings. The van der Waals surface area contributed by atoms with Crippen LogP contribution in [0.15, 0.2) is 30.3 Å². The molecule has 3 rings (SSSR count). The molecule has 3 N–H and O–H groups in total. The van der Waals surface area contributed by atoms with Crippen molar-refractivity contribution in [3.8, 4) is 5.75 Å². The van der Waals surface area contributed by atoms with E-state index in [1.807, 2.05) is 0 Å². The van der Waals surface area contributed by atoms with Gasteiger partial charge in [0.1, 0.15) is 6.10 Å². The highest BCUT2D eigenvalue weighted by molar-refractivity contribution is 6.42. The number of hydrogen-bond donors (Lipinski definition) is 2. The lowest BCUT2D eigenvalue weighted by atomic mass is 9.96. The molecule has 0 spiro atoms. The molecule has 1 aliphatic heterocycles. The maximum Gasteiger partial charge on any atom is 0.191 e. The average molecular weight is 455 g/mol. The molecule has 0 radical (unpaired) electrons. The van der Waals surface area contributed by atoms with Crippen molar-refractivity contribution in [3.05, 3.63) is 63.1 Å². The van der Waals surface area contributed by atoms with Crippen molar-refractivity contribution in [2.75, 3.05) is 13.2 Å². The van der Waals surface area contributed by atoms with Crippen LogP contribution in [0, 0.1) is 11.6 Å². The Hall–Kier alpha value is -1.15. The second kappa shape index (κ2) is 10.1. The molecule has 0 aliphatic carbocycles. The van der Waals surface area contributed by atoms with Gasteiger partial charge in [-0.2, -0.15) is 0 Å². The number of aliphatic hydroxyl groups is 1. The highest BCUT2D eigenvalue weighted by atomic mass is 35.5. The fourth-order valence-corrected chi connectivity index (χ4v) is 3.24. The number of aliphatic hydroxyl groups excluding tert-OH is 1. The van der Waals surface area contributed by atoms with Gasteiger partial charge < -0.3 is 20.3 Å². The van der Waals surface area contributed by atoms with E-state index in [9.17, 15) is 13.9 Å². The Morgan fingerprint density at radius 3 is 2.21 bits per heavy atom. The van der Waals surface area contributed by atoms with Gasteiger partial charge in [0.25, 0.3) is 0 Å². The highest BCUT2D eigenvalue weighted by Gasteiger charge is 2.25. The van der Waals surface area contributed by atoms with Crippen LogP contribution in [0.5, 0.6) is 5.75 Å². The molecular weight excluding hydrogens is 435 g/mol. The van der Waals surface area contributed by atoms with Crippen LogP contribution in [0.2, 0.25) is 10.0 Å². The molecule has 1 heterocycles. The molecule has 2 atom stereocenters. The second-order valence-corrected chi connectivity index (χ2v) is 7.20. The number of nitrogens with two attached hydrogens (primary N) is 1. The van der Waals surface area contributed by atoms with Crippen molar-refractivity contribution in [1.82, 2.24) is 0 Å². The van der Waals surface area contributed by atoms with Crippen LogP contribution in [0.25, 0.3) is 0 Å². The van der Waals surface area contributed by atoms with Crippen LogP contribution >= 0.6 is 35.6 Å². The van der Waals surface area contributed by atoms with Gasteiger partial charge in [0.15, 0.2) is 17.4 Å². The highest BCUT2D eigenvalue weighted by Crippen LogP contribution is 2.34. The molecule has 28 heavy (non-hydrogen) atoms. The summed E-state index contributed by atoms with van der Waals surface area (Å²) in [6.07, 6.45) is -0.531. The summed E-state index contributed by atoms with van der Waals surface area (Å²) in [4.78, 5) is 0. The van der Waals surface area contributed by atoms with Crippen LogP contribution in [0.4, 0.5) is 8.78 Å². The SMILES string of the molecule is Cl.NC(c1ccc(Cl)c(Cl)c1)C(O)c1cc(F)c(OC2CCOCC2)c(F)c1. The van der Waals surface area contributed by atoms with E-state index < -0.39 is 29.5 Å². The number of rotatable bonds is 5. The van der Waals surface area contributed by atoms with Gasteiger partial charge in [0, 0.05) is 12.8 Å². The average Bonchev–Trinajstić information content (AvgIpc) is 2.66. The van der Waals surface area contributed by atoms with Crippen molar-refractivity contribution in [1.29, 1.82) is 0 Å². The quantitative estimate of drug-likeness (QED) is 0.668.